The first-order valence-electron chi connectivity index (χ1n) is 8.07. The molecule has 0 aromatic heterocycles. The second-order valence-corrected chi connectivity index (χ2v) is 5.37. The molecule has 25 heavy (non-hydrogen) atoms. The molecule has 1 unspecified atom stereocenters. The highest BCUT2D eigenvalue weighted by molar-refractivity contribution is 6.50. The quantitative estimate of drug-likeness (QED) is 0.508. The molecule has 0 spiro atoms. The number of carbonyl (C=O) groups is 1. The summed E-state index contributed by atoms with van der Waals surface area (Å²) < 4.78 is 50.0. The standard InChI is InChI=1S/C16H21NO3.BF4/c1-4-16(15(18)20-6-3)11-12-9-7-8-10-13(12)17-14(16)19-5-2;2-1(3,4)5/h7-10H,4-6,11H2,1-3H3;/q;-1/p+1. The third-order valence-corrected chi connectivity index (χ3v) is 3.75. The summed E-state index contributed by atoms with van der Waals surface area (Å²) in [5.74, 6) is 0.396. The fraction of sp³-hybridized carbons (Fsp3) is 0.500. The summed E-state index contributed by atoms with van der Waals surface area (Å²) in [5, 5.41) is 0. The molecule has 140 valence electrons. The Morgan fingerprint density at radius 2 is 1.76 bits per heavy atom. The van der Waals surface area contributed by atoms with E-state index in [1.54, 1.807) is 0 Å². The average Bonchev–Trinajstić information content (AvgIpc) is 2.53. The van der Waals surface area contributed by atoms with Gasteiger partial charge in [0, 0.05) is 18.1 Å². The van der Waals surface area contributed by atoms with Crippen molar-refractivity contribution in [1.82, 2.24) is 0 Å². The van der Waals surface area contributed by atoms with Gasteiger partial charge in [-0.25, -0.2) is 0 Å². The van der Waals surface area contributed by atoms with Crippen LogP contribution < -0.4 is 4.99 Å². The van der Waals surface area contributed by atoms with Gasteiger partial charge in [0.2, 0.25) is 5.69 Å². The number of fused-ring (bicyclic) bond motifs is 1. The number of hydrogen-bond acceptors (Lipinski definition) is 3. The molecule has 0 aliphatic carbocycles. The number of rotatable bonds is 4. The van der Waals surface area contributed by atoms with E-state index in [1.807, 2.05) is 45.0 Å². The van der Waals surface area contributed by atoms with Gasteiger partial charge >= 0.3 is 19.1 Å². The van der Waals surface area contributed by atoms with Gasteiger partial charge in [0.25, 0.3) is 0 Å². The fourth-order valence-electron chi connectivity index (χ4n) is 2.63. The van der Waals surface area contributed by atoms with Gasteiger partial charge in [0.15, 0.2) is 5.41 Å². The Kier molecular flexibility index (Phi) is 7.45. The van der Waals surface area contributed by atoms with Gasteiger partial charge in [-0.3, -0.25) is 4.79 Å². The number of benzene rings is 1. The zero-order chi connectivity index (χ0) is 19.1. The van der Waals surface area contributed by atoms with Crippen LogP contribution in [-0.2, 0) is 20.7 Å². The zero-order valence-corrected chi connectivity index (χ0v) is 14.5. The Morgan fingerprint density at radius 3 is 2.28 bits per heavy atom. The zero-order valence-electron chi connectivity index (χ0n) is 14.5. The molecule has 0 bridgehead atoms. The topological polar surface area (TPSA) is 49.5 Å². The molecule has 4 nitrogen and oxygen atoms in total. The lowest BCUT2D eigenvalue weighted by molar-refractivity contribution is -0.379. The van der Waals surface area contributed by atoms with Crippen molar-refractivity contribution >= 4 is 24.8 Å². The molecular formula is C16H22BF4NO3. The molecule has 1 aromatic rings. The summed E-state index contributed by atoms with van der Waals surface area (Å²) in [6, 6.07) is 7.99. The Hall–Kier alpha value is -2.06. The van der Waals surface area contributed by atoms with Crippen molar-refractivity contribution in [2.45, 2.75) is 33.6 Å². The second-order valence-electron chi connectivity index (χ2n) is 5.37. The summed E-state index contributed by atoms with van der Waals surface area (Å²) >= 11 is 0. The van der Waals surface area contributed by atoms with Gasteiger partial charge in [-0.05, 0) is 20.3 Å². The third kappa shape index (κ3) is 5.76. The van der Waals surface area contributed by atoms with Crippen molar-refractivity contribution in [3.8, 4) is 0 Å². The molecule has 1 aromatic carbocycles. The van der Waals surface area contributed by atoms with Crippen LogP contribution in [0.25, 0.3) is 0 Å². The van der Waals surface area contributed by atoms with Crippen LogP contribution in [0.4, 0.5) is 23.0 Å². The summed E-state index contributed by atoms with van der Waals surface area (Å²) in [4.78, 5) is 15.8. The maximum Gasteiger partial charge on any atom is 0.673 e. The van der Waals surface area contributed by atoms with Gasteiger partial charge in [-0.1, -0.05) is 25.1 Å². The Morgan fingerprint density at radius 1 is 1.16 bits per heavy atom. The molecule has 0 saturated carbocycles. The Labute approximate surface area is 144 Å². The lowest BCUT2D eigenvalue weighted by atomic mass is 9.76. The summed E-state index contributed by atoms with van der Waals surface area (Å²) in [6.45, 7) is 6.63. The SMILES string of the molecule is CCOC(=O)C1(CC)Cc2ccccc2[NH+]=C1OCC.F[B-](F)(F)F. The number of hydrogen-bond donors (Lipinski definition) is 1. The molecule has 0 amide bonds. The van der Waals surface area contributed by atoms with Crippen LogP contribution in [-0.4, -0.2) is 32.3 Å². The average molecular weight is 363 g/mol. The molecule has 0 fully saturated rings. The maximum absolute atomic E-state index is 12.5. The predicted molar refractivity (Wildman–Crippen MR) is 86.9 cm³/mol. The van der Waals surface area contributed by atoms with Gasteiger partial charge in [-0.15, -0.1) is 0 Å². The lowest BCUT2D eigenvalue weighted by Crippen LogP contribution is -2.75. The summed E-state index contributed by atoms with van der Waals surface area (Å²) in [6.07, 6.45) is 1.25. The number of halogens is 4. The minimum absolute atomic E-state index is 0.215. The minimum atomic E-state index is -6.00. The largest absolute Gasteiger partial charge is 0.673 e. The normalized spacial score (nSPS) is 19.1. The molecular weight excluding hydrogens is 341 g/mol. The number of para-hydroxylation sites is 1. The third-order valence-electron chi connectivity index (χ3n) is 3.75. The van der Waals surface area contributed by atoms with Gasteiger partial charge in [0.05, 0.1) is 13.2 Å². The first kappa shape index (κ1) is 21.0. The molecule has 2 rings (SSSR count). The van der Waals surface area contributed by atoms with E-state index >= 15 is 0 Å². The summed E-state index contributed by atoms with van der Waals surface area (Å²) in [7, 11) is -6.00. The van der Waals surface area contributed by atoms with Crippen molar-refractivity contribution in [2.24, 2.45) is 5.41 Å². The van der Waals surface area contributed by atoms with Gasteiger partial charge < -0.3 is 26.7 Å². The second kappa shape index (κ2) is 8.87. The highest BCUT2D eigenvalue weighted by Gasteiger charge is 2.52. The smallest absolute Gasteiger partial charge is 0.465 e. The fourth-order valence-corrected chi connectivity index (χ4v) is 2.63. The summed E-state index contributed by atoms with van der Waals surface area (Å²) in [5.41, 5.74) is 1.38. The van der Waals surface area contributed by atoms with Crippen LogP contribution in [0.3, 0.4) is 0 Å². The van der Waals surface area contributed by atoms with Crippen LogP contribution >= 0.6 is 0 Å². The van der Waals surface area contributed by atoms with Gasteiger partial charge in [0.1, 0.15) is 0 Å². The number of esters is 1. The number of ether oxygens (including phenoxy) is 2. The lowest BCUT2D eigenvalue weighted by Gasteiger charge is -2.29. The van der Waals surface area contributed by atoms with Crippen molar-refractivity contribution in [2.75, 3.05) is 13.2 Å². The van der Waals surface area contributed by atoms with Crippen LogP contribution in [0, 0.1) is 5.41 Å². The number of carbonyl (C=O) groups excluding carboxylic acids is 1. The molecule has 0 saturated heterocycles. The van der Waals surface area contributed by atoms with E-state index < -0.39 is 12.7 Å². The van der Waals surface area contributed by atoms with Crippen molar-refractivity contribution in [1.29, 1.82) is 0 Å². The van der Waals surface area contributed by atoms with E-state index in [4.69, 9.17) is 9.47 Å². The van der Waals surface area contributed by atoms with Crippen molar-refractivity contribution in [3.63, 3.8) is 0 Å². The highest BCUT2D eigenvalue weighted by Crippen LogP contribution is 2.34. The molecule has 1 aliphatic rings. The number of nitrogens with one attached hydrogen (secondary N) is 1. The first-order chi connectivity index (χ1) is 11.7. The van der Waals surface area contributed by atoms with Crippen LogP contribution in [0.15, 0.2) is 24.3 Å². The Balaban J connectivity index is 0.000000550. The molecule has 1 heterocycles. The van der Waals surface area contributed by atoms with E-state index in [9.17, 15) is 22.1 Å². The van der Waals surface area contributed by atoms with Crippen molar-refractivity contribution < 1.29 is 36.5 Å². The van der Waals surface area contributed by atoms with Crippen LogP contribution in [0.1, 0.15) is 32.8 Å². The minimum Gasteiger partial charge on any atom is -0.465 e. The van der Waals surface area contributed by atoms with Crippen LogP contribution in [0.5, 0.6) is 0 Å². The van der Waals surface area contributed by atoms with Crippen molar-refractivity contribution in [3.05, 3.63) is 29.8 Å². The Bertz CT molecular complexity index is 616. The van der Waals surface area contributed by atoms with E-state index in [2.05, 4.69) is 4.99 Å². The first-order valence-corrected chi connectivity index (χ1v) is 8.07. The van der Waals surface area contributed by atoms with Gasteiger partial charge in [-0.2, -0.15) is 4.99 Å². The maximum atomic E-state index is 12.5. The van der Waals surface area contributed by atoms with E-state index in [0.717, 1.165) is 11.3 Å². The van der Waals surface area contributed by atoms with E-state index in [-0.39, 0.29) is 5.97 Å². The van der Waals surface area contributed by atoms with E-state index in [1.165, 1.54) is 0 Å². The highest BCUT2D eigenvalue weighted by atomic mass is 19.5. The molecule has 1 N–H and O–H groups in total. The van der Waals surface area contributed by atoms with Crippen LogP contribution in [0.2, 0.25) is 0 Å². The molecule has 1 atom stereocenters. The molecule has 0 radical (unpaired) electrons. The van der Waals surface area contributed by atoms with E-state index in [0.29, 0.717) is 32.0 Å². The molecule has 1 aliphatic heterocycles. The monoisotopic (exact) mass is 363 g/mol. The molecule has 9 heteroatoms. The predicted octanol–water partition coefficient (Wildman–Crippen LogP) is 2.65.